The lowest BCUT2D eigenvalue weighted by Crippen LogP contribution is -2.21. The van der Waals surface area contributed by atoms with Crippen LogP contribution in [0.4, 0.5) is 0 Å². The Morgan fingerprint density at radius 1 is 1.16 bits per heavy atom. The van der Waals surface area contributed by atoms with Gasteiger partial charge in [0.05, 0.1) is 6.61 Å². The predicted molar refractivity (Wildman–Crippen MR) is 85.5 cm³/mol. The van der Waals surface area contributed by atoms with E-state index in [9.17, 15) is 0 Å². The third-order valence-electron chi connectivity index (χ3n) is 2.95. The Morgan fingerprint density at radius 2 is 1.79 bits per heavy atom. The third kappa shape index (κ3) is 8.12. The summed E-state index contributed by atoms with van der Waals surface area (Å²) in [6, 6.07) is 8.56. The largest absolute Gasteiger partial charge is 0.494 e. The fraction of sp³-hybridized carbons (Fsp3) is 0.625. The molecule has 1 aromatic carbocycles. The predicted octanol–water partition coefficient (Wildman–Crippen LogP) is 4.03. The molecule has 0 aliphatic rings. The second-order valence-electron chi connectivity index (χ2n) is 5.42. The maximum absolute atomic E-state index is 5.66. The van der Waals surface area contributed by atoms with Crippen LogP contribution in [0, 0.1) is 5.92 Å². The molecule has 0 saturated carbocycles. The van der Waals surface area contributed by atoms with Crippen LogP contribution in [0.15, 0.2) is 24.3 Å². The molecule has 0 heterocycles. The van der Waals surface area contributed by atoms with Gasteiger partial charge in [0.25, 0.3) is 0 Å². The van der Waals surface area contributed by atoms with E-state index in [2.05, 4.69) is 57.1 Å². The first-order chi connectivity index (χ1) is 8.61. The highest BCUT2D eigenvalue weighted by molar-refractivity contribution is 5.85. The van der Waals surface area contributed by atoms with Crippen LogP contribution in [0.5, 0.6) is 5.75 Å². The Bertz CT molecular complexity index is 324. The molecule has 0 spiro atoms. The number of unbranched alkanes of at least 4 members (excludes halogenated alkanes) is 1. The van der Waals surface area contributed by atoms with Gasteiger partial charge >= 0.3 is 0 Å². The minimum atomic E-state index is 0. The normalized spacial score (nSPS) is 12.1. The molecule has 2 nitrogen and oxygen atoms in total. The first kappa shape index (κ1) is 18.3. The lowest BCUT2D eigenvalue weighted by molar-refractivity contribution is 0.309. The average Bonchev–Trinajstić information content (AvgIpc) is 2.30. The molecule has 0 fully saturated rings. The van der Waals surface area contributed by atoms with E-state index in [1.807, 2.05) is 0 Å². The van der Waals surface area contributed by atoms with E-state index < -0.39 is 0 Å². The molecule has 0 amide bonds. The summed E-state index contributed by atoms with van der Waals surface area (Å²) in [7, 11) is 4.25. The van der Waals surface area contributed by atoms with Crippen molar-refractivity contribution in [1.82, 2.24) is 4.90 Å². The van der Waals surface area contributed by atoms with Gasteiger partial charge in [0, 0.05) is 6.54 Å². The standard InChI is InChI=1S/C16H27NO.ClH/c1-5-6-11-18-16-9-7-15(8-10-16)12-14(2)13-17(3)4;/h7-10,14H,5-6,11-13H2,1-4H3;1H. The average molecular weight is 286 g/mol. The number of rotatable bonds is 8. The molecule has 3 heteroatoms. The first-order valence-electron chi connectivity index (χ1n) is 6.98. The van der Waals surface area contributed by atoms with Crippen LogP contribution in [0.1, 0.15) is 32.3 Å². The SMILES string of the molecule is CCCCOc1ccc(CC(C)CN(C)C)cc1.Cl. The van der Waals surface area contributed by atoms with E-state index in [-0.39, 0.29) is 12.4 Å². The van der Waals surface area contributed by atoms with E-state index in [1.54, 1.807) is 0 Å². The van der Waals surface area contributed by atoms with Gasteiger partial charge in [-0.1, -0.05) is 32.4 Å². The van der Waals surface area contributed by atoms with Crippen molar-refractivity contribution in [2.45, 2.75) is 33.1 Å². The molecule has 0 aliphatic carbocycles. The number of hydrogen-bond acceptors (Lipinski definition) is 2. The van der Waals surface area contributed by atoms with E-state index in [1.165, 1.54) is 12.0 Å². The van der Waals surface area contributed by atoms with Crippen LogP contribution in [-0.4, -0.2) is 32.1 Å². The quantitative estimate of drug-likeness (QED) is 0.669. The molecule has 0 radical (unpaired) electrons. The summed E-state index contributed by atoms with van der Waals surface area (Å²) in [6.45, 7) is 6.44. The van der Waals surface area contributed by atoms with Crippen LogP contribution in [0.3, 0.4) is 0 Å². The maximum Gasteiger partial charge on any atom is 0.119 e. The molecule has 0 bridgehead atoms. The van der Waals surface area contributed by atoms with Gasteiger partial charge in [-0.05, 0) is 50.6 Å². The second-order valence-corrected chi connectivity index (χ2v) is 5.42. The van der Waals surface area contributed by atoms with Crippen molar-refractivity contribution in [2.24, 2.45) is 5.92 Å². The minimum Gasteiger partial charge on any atom is -0.494 e. The van der Waals surface area contributed by atoms with Gasteiger partial charge in [-0.2, -0.15) is 0 Å². The summed E-state index contributed by atoms with van der Waals surface area (Å²) in [5.74, 6) is 1.68. The third-order valence-corrected chi connectivity index (χ3v) is 2.95. The molecule has 1 aromatic rings. The van der Waals surface area contributed by atoms with Crippen LogP contribution in [0.2, 0.25) is 0 Å². The van der Waals surface area contributed by atoms with Crippen molar-refractivity contribution >= 4 is 12.4 Å². The Balaban J connectivity index is 0.00000324. The lowest BCUT2D eigenvalue weighted by atomic mass is 10.0. The summed E-state index contributed by atoms with van der Waals surface area (Å²) < 4.78 is 5.66. The number of ether oxygens (including phenoxy) is 1. The zero-order valence-corrected chi connectivity index (χ0v) is 13.5. The summed E-state index contributed by atoms with van der Waals surface area (Å²) in [5.41, 5.74) is 1.40. The van der Waals surface area contributed by atoms with Crippen molar-refractivity contribution in [3.8, 4) is 5.75 Å². The molecular weight excluding hydrogens is 258 g/mol. The molecule has 110 valence electrons. The lowest BCUT2D eigenvalue weighted by Gasteiger charge is -2.17. The Kier molecular flexibility index (Phi) is 9.72. The van der Waals surface area contributed by atoms with Gasteiger partial charge in [-0.15, -0.1) is 12.4 Å². The van der Waals surface area contributed by atoms with Gasteiger partial charge < -0.3 is 9.64 Å². The van der Waals surface area contributed by atoms with E-state index in [0.29, 0.717) is 5.92 Å². The number of benzene rings is 1. The van der Waals surface area contributed by atoms with Crippen molar-refractivity contribution in [1.29, 1.82) is 0 Å². The molecule has 0 aromatic heterocycles. The highest BCUT2D eigenvalue weighted by Crippen LogP contribution is 2.15. The maximum atomic E-state index is 5.66. The fourth-order valence-corrected chi connectivity index (χ4v) is 2.15. The highest BCUT2D eigenvalue weighted by atomic mass is 35.5. The van der Waals surface area contributed by atoms with Crippen molar-refractivity contribution in [2.75, 3.05) is 27.2 Å². The van der Waals surface area contributed by atoms with E-state index in [4.69, 9.17) is 4.74 Å². The van der Waals surface area contributed by atoms with Crippen LogP contribution in [-0.2, 0) is 6.42 Å². The second kappa shape index (κ2) is 10.1. The monoisotopic (exact) mass is 285 g/mol. The van der Waals surface area contributed by atoms with Crippen LogP contribution < -0.4 is 4.74 Å². The summed E-state index contributed by atoms with van der Waals surface area (Å²) >= 11 is 0. The van der Waals surface area contributed by atoms with Gasteiger partial charge in [0.2, 0.25) is 0 Å². The Labute approximate surface area is 124 Å². The van der Waals surface area contributed by atoms with Crippen molar-refractivity contribution < 1.29 is 4.74 Å². The smallest absolute Gasteiger partial charge is 0.119 e. The summed E-state index contributed by atoms with van der Waals surface area (Å²) in [6.07, 6.45) is 3.44. The van der Waals surface area contributed by atoms with E-state index >= 15 is 0 Å². The van der Waals surface area contributed by atoms with Crippen LogP contribution >= 0.6 is 12.4 Å². The minimum absolute atomic E-state index is 0. The zero-order chi connectivity index (χ0) is 13.4. The Hall–Kier alpha value is -0.730. The van der Waals surface area contributed by atoms with Gasteiger partial charge in [-0.3, -0.25) is 0 Å². The zero-order valence-electron chi connectivity index (χ0n) is 12.7. The summed E-state index contributed by atoms with van der Waals surface area (Å²) in [4.78, 5) is 2.24. The first-order valence-corrected chi connectivity index (χ1v) is 6.98. The number of halogens is 1. The fourth-order valence-electron chi connectivity index (χ4n) is 2.15. The van der Waals surface area contributed by atoms with Crippen LogP contribution in [0.25, 0.3) is 0 Å². The van der Waals surface area contributed by atoms with Gasteiger partial charge in [0.15, 0.2) is 0 Å². The van der Waals surface area contributed by atoms with Gasteiger partial charge in [0.1, 0.15) is 5.75 Å². The van der Waals surface area contributed by atoms with Gasteiger partial charge in [-0.25, -0.2) is 0 Å². The molecule has 0 aliphatic heterocycles. The number of nitrogens with zero attached hydrogens (tertiary/aromatic N) is 1. The number of hydrogen-bond donors (Lipinski definition) is 0. The Morgan fingerprint density at radius 3 is 2.32 bits per heavy atom. The molecule has 0 N–H and O–H groups in total. The molecular formula is C16H28ClNO. The molecule has 0 saturated heterocycles. The van der Waals surface area contributed by atoms with Crippen molar-refractivity contribution in [3.63, 3.8) is 0 Å². The van der Waals surface area contributed by atoms with Crippen molar-refractivity contribution in [3.05, 3.63) is 29.8 Å². The molecule has 1 unspecified atom stereocenters. The highest BCUT2D eigenvalue weighted by Gasteiger charge is 2.05. The topological polar surface area (TPSA) is 12.5 Å². The summed E-state index contributed by atoms with van der Waals surface area (Å²) in [5, 5.41) is 0. The molecule has 1 rings (SSSR count). The molecule has 1 atom stereocenters. The van der Waals surface area contributed by atoms with E-state index in [0.717, 1.165) is 31.7 Å². The molecule has 19 heavy (non-hydrogen) atoms.